The third-order valence-electron chi connectivity index (χ3n) is 2.05. The smallest absolute Gasteiger partial charge is 0.271 e. The number of hydrogen-bond acceptors (Lipinski definition) is 6. The van der Waals surface area contributed by atoms with Gasteiger partial charge in [0, 0.05) is 18.7 Å². The van der Waals surface area contributed by atoms with Gasteiger partial charge in [0.05, 0.1) is 18.6 Å². The minimum Gasteiger partial charge on any atom is -0.495 e. The van der Waals surface area contributed by atoms with Crippen molar-refractivity contribution in [2.75, 3.05) is 20.3 Å². The first-order valence-electron chi connectivity index (χ1n) is 4.85. The van der Waals surface area contributed by atoms with Crippen LogP contribution in [0.5, 0.6) is 5.75 Å². The number of rotatable bonds is 6. The number of nitro groups is 1. The Kier molecular flexibility index (Phi) is 4.59. The van der Waals surface area contributed by atoms with Crippen molar-refractivity contribution >= 4 is 15.7 Å². The van der Waals surface area contributed by atoms with Gasteiger partial charge in [-0.2, -0.15) is 0 Å². The number of nitrogens with one attached hydrogen (secondary N) is 1. The zero-order valence-electron chi connectivity index (χ0n) is 9.49. The van der Waals surface area contributed by atoms with Crippen molar-refractivity contribution in [1.82, 2.24) is 4.72 Å². The fraction of sp³-hybridized carbons (Fsp3) is 0.333. The summed E-state index contributed by atoms with van der Waals surface area (Å²) >= 11 is 0. The van der Waals surface area contributed by atoms with Gasteiger partial charge in [0.25, 0.3) is 5.69 Å². The Bertz CT molecular complexity index is 542. The first-order valence-corrected chi connectivity index (χ1v) is 6.33. The summed E-state index contributed by atoms with van der Waals surface area (Å²) in [5.74, 6) is -0.00830. The number of sulfonamides is 1. The summed E-state index contributed by atoms with van der Waals surface area (Å²) in [4.78, 5) is 9.56. The van der Waals surface area contributed by atoms with Crippen molar-refractivity contribution < 1.29 is 23.2 Å². The third kappa shape index (κ3) is 3.15. The van der Waals surface area contributed by atoms with Gasteiger partial charge in [0.2, 0.25) is 10.0 Å². The van der Waals surface area contributed by atoms with Gasteiger partial charge < -0.3 is 9.84 Å². The monoisotopic (exact) mass is 276 g/mol. The van der Waals surface area contributed by atoms with Gasteiger partial charge in [-0.1, -0.05) is 0 Å². The summed E-state index contributed by atoms with van der Waals surface area (Å²) in [5, 5.41) is 19.2. The lowest BCUT2D eigenvalue weighted by atomic mass is 10.3. The van der Waals surface area contributed by atoms with Crippen molar-refractivity contribution in [3.63, 3.8) is 0 Å². The van der Waals surface area contributed by atoms with Crippen LogP contribution in [-0.4, -0.2) is 38.7 Å². The molecule has 0 aliphatic carbocycles. The molecule has 0 unspecified atom stereocenters. The van der Waals surface area contributed by atoms with Gasteiger partial charge in [-0.25, -0.2) is 13.1 Å². The Morgan fingerprint density at radius 2 is 2.17 bits per heavy atom. The second-order valence-corrected chi connectivity index (χ2v) is 4.95. The summed E-state index contributed by atoms with van der Waals surface area (Å²) in [6.07, 6.45) is 0. The van der Waals surface area contributed by atoms with Crippen molar-refractivity contribution in [1.29, 1.82) is 0 Å². The van der Waals surface area contributed by atoms with E-state index >= 15 is 0 Å². The molecule has 1 rings (SSSR count). The molecule has 0 amide bonds. The zero-order chi connectivity index (χ0) is 13.8. The van der Waals surface area contributed by atoms with Crippen LogP contribution < -0.4 is 9.46 Å². The molecule has 0 fully saturated rings. The molecule has 9 heteroatoms. The molecule has 100 valence electrons. The van der Waals surface area contributed by atoms with E-state index in [2.05, 4.69) is 4.72 Å². The zero-order valence-corrected chi connectivity index (χ0v) is 10.3. The maximum absolute atomic E-state index is 11.8. The first kappa shape index (κ1) is 14.4. The number of aliphatic hydroxyl groups excluding tert-OH is 1. The van der Waals surface area contributed by atoms with Crippen LogP contribution in [0.1, 0.15) is 0 Å². The van der Waals surface area contributed by atoms with Gasteiger partial charge in [0.15, 0.2) is 0 Å². The lowest BCUT2D eigenvalue weighted by molar-refractivity contribution is -0.385. The number of aliphatic hydroxyl groups is 1. The minimum atomic E-state index is -3.96. The van der Waals surface area contributed by atoms with E-state index < -0.39 is 14.9 Å². The van der Waals surface area contributed by atoms with E-state index in [1.807, 2.05) is 0 Å². The molecule has 0 bridgehead atoms. The van der Waals surface area contributed by atoms with E-state index in [0.717, 1.165) is 12.1 Å². The van der Waals surface area contributed by atoms with E-state index in [1.54, 1.807) is 0 Å². The van der Waals surface area contributed by atoms with E-state index in [9.17, 15) is 18.5 Å². The molecule has 0 saturated heterocycles. The minimum absolute atomic E-state index is 0.00830. The van der Waals surface area contributed by atoms with E-state index in [0.29, 0.717) is 0 Å². The summed E-state index contributed by atoms with van der Waals surface area (Å²) in [5.41, 5.74) is -0.361. The standard InChI is InChI=1S/C9H12N2O6S/c1-17-8-3-2-7(11(13)14)6-9(8)18(15,16)10-4-5-12/h2-3,6,10,12H,4-5H2,1H3. The predicted molar refractivity (Wildman–Crippen MR) is 61.9 cm³/mol. The SMILES string of the molecule is COc1ccc([N+](=O)[O-])cc1S(=O)(=O)NCCO. The highest BCUT2D eigenvalue weighted by molar-refractivity contribution is 7.89. The molecule has 0 aliphatic rings. The highest BCUT2D eigenvalue weighted by atomic mass is 32.2. The summed E-state index contributed by atoms with van der Waals surface area (Å²) in [6.45, 7) is -0.565. The Labute approximate surface area is 103 Å². The van der Waals surface area contributed by atoms with E-state index in [1.165, 1.54) is 13.2 Å². The van der Waals surface area contributed by atoms with Gasteiger partial charge in [0.1, 0.15) is 10.6 Å². The Morgan fingerprint density at radius 3 is 2.67 bits per heavy atom. The maximum Gasteiger partial charge on any atom is 0.271 e. The van der Waals surface area contributed by atoms with Crippen molar-refractivity contribution in [3.05, 3.63) is 28.3 Å². The fourth-order valence-electron chi connectivity index (χ4n) is 1.25. The highest BCUT2D eigenvalue weighted by Crippen LogP contribution is 2.27. The fourth-order valence-corrected chi connectivity index (χ4v) is 2.45. The molecule has 1 aromatic rings. The van der Waals surface area contributed by atoms with Crippen LogP contribution in [0.3, 0.4) is 0 Å². The molecule has 0 heterocycles. The van der Waals surface area contributed by atoms with Crippen molar-refractivity contribution in [3.8, 4) is 5.75 Å². The molecule has 0 radical (unpaired) electrons. The van der Waals surface area contributed by atoms with Crippen LogP contribution in [0.2, 0.25) is 0 Å². The molecular formula is C9H12N2O6S. The Balaban J connectivity index is 3.27. The van der Waals surface area contributed by atoms with Crippen LogP contribution in [0.4, 0.5) is 5.69 Å². The Hall–Kier alpha value is -1.71. The number of methoxy groups -OCH3 is 1. The number of hydrogen-bond donors (Lipinski definition) is 2. The van der Waals surface area contributed by atoms with E-state index in [4.69, 9.17) is 9.84 Å². The number of ether oxygens (including phenoxy) is 1. The van der Waals surface area contributed by atoms with Crippen LogP contribution in [0, 0.1) is 10.1 Å². The average Bonchev–Trinajstić information content (AvgIpc) is 2.35. The molecule has 0 atom stereocenters. The normalized spacial score (nSPS) is 11.2. The lowest BCUT2D eigenvalue weighted by Crippen LogP contribution is -2.27. The summed E-state index contributed by atoms with van der Waals surface area (Å²) < 4.78 is 30.6. The van der Waals surface area contributed by atoms with Gasteiger partial charge in [-0.15, -0.1) is 0 Å². The van der Waals surface area contributed by atoms with E-state index in [-0.39, 0.29) is 29.5 Å². The molecule has 8 nitrogen and oxygen atoms in total. The number of nitro benzene ring substituents is 1. The van der Waals surface area contributed by atoms with Gasteiger partial charge >= 0.3 is 0 Å². The van der Waals surface area contributed by atoms with Gasteiger partial charge in [-0.05, 0) is 6.07 Å². The molecule has 0 spiro atoms. The second-order valence-electron chi connectivity index (χ2n) is 3.21. The summed E-state index contributed by atoms with van der Waals surface area (Å²) in [7, 11) is -2.70. The quantitative estimate of drug-likeness (QED) is 0.552. The van der Waals surface area contributed by atoms with Crippen LogP contribution in [-0.2, 0) is 10.0 Å². The molecule has 0 saturated carbocycles. The highest BCUT2D eigenvalue weighted by Gasteiger charge is 2.22. The van der Waals surface area contributed by atoms with Crippen molar-refractivity contribution in [2.45, 2.75) is 4.90 Å². The number of nitrogens with zero attached hydrogens (tertiary/aromatic N) is 1. The second kappa shape index (κ2) is 5.76. The molecular weight excluding hydrogens is 264 g/mol. The number of non-ortho nitro benzene ring substituents is 1. The summed E-state index contributed by atoms with van der Waals surface area (Å²) in [6, 6.07) is 3.24. The van der Waals surface area contributed by atoms with Crippen LogP contribution in [0.25, 0.3) is 0 Å². The molecule has 18 heavy (non-hydrogen) atoms. The lowest BCUT2D eigenvalue weighted by Gasteiger charge is -2.09. The predicted octanol–water partition coefficient (Wildman–Crippen LogP) is -0.126. The van der Waals surface area contributed by atoms with Crippen LogP contribution >= 0.6 is 0 Å². The molecule has 2 N–H and O–H groups in total. The third-order valence-corrected chi connectivity index (χ3v) is 3.53. The molecule has 0 aliphatic heterocycles. The Morgan fingerprint density at radius 1 is 1.50 bits per heavy atom. The largest absolute Gasteiger partial charge is 0.495 e. The average molecular weight is 276 g/mol. The first-order chi connectivity index (χ1) is 8.42. The molecule has 0 aromatic heterocycles. The maximum atomic E-state index is 11.8. The molecule has 1 aromatic carbocycles. The van der Waals surface area contributed by atoms with Crippen molar-refractivity contribution in [2.24, 2.45) is 0 Å². The van der Waals surface area contributed by atoms with Gasteiger partial charge in [-0.3, -0.25) is 10.1 Å². The van der Waals surface area contributed by atoms with Crippen LogP contribution in [0.15, 0.2) is 23.1 Å². The topological polar surface area (TPSA) is 119 Å². The number of benzene rings is 1.